The quantitative estimate of drug-likeness (QED) is 0.561. The summed E-state index contributed by atoms with van der Waals surface area (Å²) in [6, 6.07) is 5.17. The molecule has 0 aliphatic rings. The molecule has 0 radical (unpaired) electrons. The van der Waals surface area contributed by atoms with E-state index in [-0.39, 0.29) is 5.69 Å². The Morgan fingerprint density at radius 3 is 2.47 bits per heavy atom. The van der Waals surface area contributed by atoms with Gasteiger partial charge in [0.05, 0.1) is 5.69 Å². The highest BCUT2D eigenvalue weighted by atomic mass is 19.4. The molecule has 3 rings (SSSR count). The first-order valence-electron chi connectivity index (χ1n) is 8.50. The van der Waals surface area contributed by atoms with Gasteiger partial charge < -0.3 is 10.1 Å². The number of hydrogen-bond donors (Lipinski definition) is 2. The molecule has 0 unspecified atom stereocenters. The molecular formula is C18H11F7N4O3. The van der Waals surface area contributed by atoms with E-state index in [9.17, 15) is 40.3 Å². The second-order valence-corrected chi connectivity index (χ2v) is 6.23. The molecule has 0 saturated carbocycles. The lowest BCUT2D eigenvalue weighted by molar-refractivity contribution is -0.153. The van der Waals surface area contributed by atoms with Gasteiger partial charge in [0.1, 0.15) is 22.8 Å². The molecule has 0 spiro atoms. The van der Waals surface area contributed by atoms with Crippen LogP contribution in [0, 0.1) is 5.82 Å². The number of ether oxygens (including phenoxy) is 1. The zero-order valence-corrected chi connectivity index (χ0v) is 15.5. The average molecular weight is 464 g/mol. The van der Waals surface area contributed by atoms with E-state index in [1.165, 1.54) is 6.07 Å². The number of amides is 1. The highest BCUT2D eigenvalue weighted by Gasteiger charge is 2.33. The van der Waals surface area contributed by atoms with Crippen molar-refractivity contribution in [1.29, 1.82) is 0 Å². The van der Waals surface area contributed by atoms with Crippen LogP contribution in [-0.4, -0.2) is 33.5 Å². The molecule has 2 heterocycles. The first-order valence-corrected chi connectivity index (χ1v) is 8.50. The lowest BCUT2D eigenvalue weighted by atomic mass is 10.2. The maximum atomic E-state index is 13.5. The fraction of sp³-hybridized carbons (Fsp3) is 0.167. The molecular weight excluding hydrogens is 453 g/mol. The number of carbonyl (C=O) groups is 1. The van der Waals surface area contributed by atoms with Crippen molar-refractivity contribution in [3.05, 3.63) is 70.0 Å². The molecule has 0 saturated heterocycles. The smallest absolute Gasteiger partial charge is 0.432 e. The molecule has 3 aromatic rings. The van der Waals surface area contributed by atoms with Crippen LogP contribution in [0.25, 0.3) is 5.69 Å². The predicted molar refractivity (Wildman–Crippen MR) is 95.1 cm³/mol. The van der Waals surface area contributed by atoms with Gasteiger partial charge in [-0.1, -0.05) is 0 Å². The van der Waals surface area contributed by atoms with Gasteiger partial charge in [-0.05, 0) is 24.3 Å². The average Bonchev–Trinajstić information content (AvgIpc) is 3.15. The molecule has 0 fully saturated rings. The van der Waals surface area contributed by atoms with Crippen LogP contribution in [0.4, 0.5) is 36.6 Å². The summed E-state index contributed by atoms with van der Waals surface area (Å²) in [4.78, 5) is 25.1. The number of pyridine rings is 1. The van der Waals surface area contributed by atoms with Crippen molar-refractivity contribution in [3.8, 4) is 11.4 Å². The first kappa shape index (κ1) is 22.8. The number of aromatic nitrogens is 3. The topological polar surface area (TPSA) is 89.0 Å². The number of hydrogen-bond acceptors (Lipinski definition) is 4. The number of aromatic amines is 1. The molecule has 0 aliphatic heterocycles. The van der Waals surface area contributed by atoms with E-state index in [1.54, 1.807) is 5.10 Å². The van der Waals surface area contributed by atoms with E-state index >= 15 is 0 Å². The minimum Gasteiger partial charge on any atom is -0.482 e. The van der Waals surface area contributed by atoms with E-state index < -0.39 is 59.1 Å². The number of nitrogens with one attached hydrogen (secondary N) is 2. The highest BCUT2D eigenvalue weighted by molar-refractivity contribution is 6.03. The summed E-state index contributed by atoms with van der Waals surface area (Å²) >= 11 is 0. The summed E-state index contributed by atoms with van der Waals surface area (Å²) in [7, 11) is 0. The summed E-state index contributed by atoms with van der Waals surface area (Å²) in [6.45, 7) is -1.76. The minimum atomic E-state index is -4.75. The molecule has 2 aromatic heterocycles. The zero-order chi connectivity index (χ0) is 23.7. The van der Waals surface area contributed by atoms with Gasteiger partial charge >= 0.3 is 12.4 Å². The Morgan fingerprint density at radius 1 is 1.12 bits per heavy atom. The molecule has 1 aromatic carbocycles. The Labute approximate surface area is 173 Å². The molecule has 0 aliphatic carbocycles. The number of halogens is 7. The van der Waals surface area contributed by atoms with Crippen LogP contribution >= 0.6 is 0 Å². The van der Waals surface area contributed by atoms with Crippen molar-refractivity contribution in [2.24, 2.45) is 0 Å². The van der Waals surface area contributed by atoms with Crippen LogP contribution in [-0.2, 0) is 6.18 Å². The number of alkyl halides is 6. The van der Waals surface area contributed by atoms with Crippen molar-refractivity contribution in [1.82, 2.24) is 14.8 Å². The van der Waals surface area contributed by atoms with Crippen molar-refractivity contribution in [2.45, 2.75) is 12.4 Å². The standard InChI is InChI=1S/C18H11F7N4O3/c19-9-3-4-11(12(6-9)32-8-17(20,21)22)29-5-1-2-10(16(29)31)15(30)26-14-7-13(27-28-14)18(23,24)25/h1-7H,8H2,(H2,26,27,28,30). The van der Waals surface area contributed by atoms with E-state index in [0.717, 1.165) is 29.0 Å². The van der Waals surface area contributed by atoms with Crippen molar-refractivity contribution >= 4 is 11.7 Å². The van der Waals surface area contributed by atoms with Gasteiger partial charge in [0.25, 0.3) is 11.5 Å². The Bertz CT molecular complexity index is 1200. The highest BCUT2D eigenvalue weighted by Crippen LogP contribution is 2.29. The molecule has 7 nitrogen and oxygen atoms in total. The summed E-state index contributed by atoms with van der Waals surface area (Å²) in [6.07, 6.45) is -8.40. The maximum absolute atomic E-state index is 13.5. The fourth-order valence-electron chi connectivity index (χ4n) is 2.53. The van der Waals surface area contributed by atoms with E-state index in [1.807, 2.05) is 5.32 Å². The SMILES string of the molecule is O=C(Nc1cc(C(F)(F)F)[nH]n1)c1cccn(-c2ccc(F)cc2OCC(F)(F)F)c1=O. The van der Waals surface area contributed by atoms with Gasteiger partial charge in [-0.2, -0.15) is 31.4 Å². The molecule has 1 amide bonds. The van der Waals surface area contributed by atoms with Crippen molar-refractivity contribution < 1.29 is 40.3 Å². The Hall–Kier alpha value is -3.84. The van der Waals surface area contributed by atoms with Gasteiger partial charge in [-0.15, -0.1) is 0 Å². The molecule has 170 valence electrons. The Morgan fingerprint density at radius 2 is 1.84 bits per heavy atom. The van der Waals surface area contributed by atoms with Crippen LogP contribution < -0.4 is 15.6 Å². The number of anilines is 1. The van der Waals surface area contributed by atoms with Gasteiger partial charge in [-0.25, -0.2) is 4.39 Å². The normalized spacial score (nSPS) is 12.0. The number of H-pyrrole nitrogens is 1. The molecule has 0 bridgehead atoms. The number of rotatable bonds is 5. The second kappa shape index (κ2) is 8.36. The molecule has 32 heavy (non-hydrogen) atoms. The largest absolute Gasteiger partial charge is 0.482 e. The van der Waals surface area contributed by atoms with Gasteiger partial charge in [0.15, 0.2) is 12.4 Å². The zero-order valence-electron chi connectivity index (χ0n) is 15.5. The van der Waals surface area contributed by atoms with E-state index in [2.05, 4.69) is 9.84 Å². The monoisotopic (exact) mass is 464 g/mol. The molecule has 14 heteroatoms. The summed E-state index contributed by atoms with van der Waals surface area (Å²) in [5.74, 6) is -3.21. The summed E-state index contributed by atoms with van der Waals surface area (Å²) < 4.78 is 94.2. The van der Waals surface area contributed by atoms with Gasteiger partial charge in [0.2, 0.25) is 0 Å². The number of nitrogens with zero attached hydrogens (tertiary/aromatic N) is 2. The number of carbonyl (C=O) groups excluding carboxylic acids is 1. The predicted octanol–water partition coefficient (Wildman–Crippen LogP) is 3.91. The van der Waals surface area contributed by atoms with Crippen LogP contribution in [0.1, 0.15) is 16.1 Å². The van der Waals surface area contributed by atoms with E-state index in [4.69, 9.17) is 0 Å². The third-order valence-electron chi connectivity index (χ3n) is 3.89. The fourth-order valence-corrected chi connectivity index (χ4v) is 2.53. The molecule has 2 N–H and O–H groups in total. The maximum Gasteiger partial charge on any atom is 0.432 e. The second-order valence-electron chi connectivity index (χ2n) is 6.23. The third kappa shape index (κ3) is 5.25. The lowest BCUT2D eigenvalue weighted by Gasteiger charge is -2.15. The molecule has 0 atom stereocenters. The Kier molecular flexibility index (Phi) is 5.96. The minimum absolute atomic E-state index is 0.297. The van der Waals surface area contributed by atoms with Crippen molar-refractivity contribution in [3.63, 3.8) is 0 Å². The van der Waals surface area contributed by atoms with Crippen molar-refractivity contribution in [2.75, 3.05) is 11.9 Å². The van der Waals surface area contributed by atoms with Crippen LogP contribution in [0.2, 0.25) is 0 Å². The summed E-state index contributed by atoms with van der Waals surface area (Å²) in [5, 5.41) is 6.96. The third-order valence-corrected chi connectivity index (χ3v) is 3.89. The van der Waals surface area contributed by atoms with Gasteiger partial charge in [-0.3, -0.25) is 19.3 Å². The van der Waals surface area contributed by atoms with Crippen LogP contribution in [0.15, 0.2) is 47.4 Å². The number of benzene rings is 1. The van der Waals surface area contributed by atoms with Crippen LogP contribution in [0.3, 0.4) is 0 Å². The van der Waals surface area contributed by atoms with E-state index in [0.29, 0.717) is 12.1 Å². The van der Waals surface area contributed by atoms with Crippen LogP contribution in [0.5, 0.6) is 5.75 Å². The summed E-state index contributed by atoms with van der Waals surface area (Å²) in [5.41, 5.74) is -3.17. The Balaban J connectivity index is 1.93. The van der Waals surface area contributed by atoms with Gasteiger partial charge in [0, 0.05) is 18.3 Å². The lowest BCUT2D eigenvalue weighted by Crippen LogP contribution is -2.28. The first-order chi connectivity index (χ1) is 14.8.